The minimum Gasteiger partial charge on any atom is -0.466 e. The lowest BCUT2D eigenvalue weighted by Gasteiger charge is -2.26. The Balaban J connectivity index is 1.97. The van der Waals surface area contributed by atoms with Crippen LogP contribution in [0.25, 0.3) is 0 Å². The van der Waals surface area contributed by atoms with Gasteiger partial charge in [0.1, 0.15) is 0 Å². The second kappa shape index (κ2) is 9.61. The van der Waals surface area contributed by atoms with Crippen LogP contribution in [0.15, 0.2) is 0 Å². The Labute approximate surface area is 113 Å². The third-order valence-corrected chi connectivity index (χ3v) is 3.74. The monoisotopic (exact) mass is 276 g/mol. The molecule has 0 bridgehead atoms. The van der Waals surface area contributed by atoms with E-state index in [1.807, 2.05) is 11.8 Å². The van der Waals surface area contributed by atoms with E-state index in [2.05, 4.69) is 10.2 Å². The number of nitrogens with one attached hydrogen (secondary N) is 1. The zero-order valence-corrected chi connectivity index (χ0v) is 11.9. The molecule has 2 N–H and O–H groups in total. The first-order chi connectivity index (χ1) is 8.72. The first kappa shape index (κ1) is 15.8. The molecule has 0 aromatic heterocycles. The third kappa shape index (κ3) is 7.20. The summed E-state index contributed by atoms with van der Waals surface area (Å²) in [4.78, 5) is 13.5. The summed E-state index contributed by atoms with van der Waals surface area (Å²) in [7, 11) is 0. The molecule has 1 fully saturated rings. The quantitative estimate of drug-likeness (QED) is 0.478. The van der Waals surface area contributed by atoms with E-state index in [0.29, 0.717) is 13.2 Å². The van der Waals surface area contributed by atoms with Gasteiger partial charge in [-0.3, -0.25) is 4.79 Å². The summed E-state index contributed by atoms with van der Waals surface area (Å²) >= 11 is 2.00. The van der Waals surface area contributed by atoms with Crippen LogP contribution in [0.4, 0.5) is 0 Å². The number of thioether (sulfide) groups is 1. The first-order valence-electron chi connectivity index (χ1n) is 6.57. The SMILES string of the molecule is CCOC(=O)CC(O)CNCCN1CCSCC1. The lowest BCUT2D eigenvalue weighted by atomic mass is 10.2. The van der Waals surface area contributed by atoms with E-state index in [1.54, 1.807) is 6.92 Å². The van der Waals surface area contributed by atoms with E-state index in [-0.39, 0.29) is 12.4 Å². The van der Waals surface area contributed by atoms with Crippen molar-refractivity contribution in [3.63, 3.8) is 0 Å². The molecule has 0 radical (unpaired) electrons. The fourth-order valence-electron chi connectivity index (χ4n) is 1.82. The highest BCUT2D eigenvalue weighted by atomic mass is 32.2. The van der Waals surface area contributed by atoms with Gasteiger partial charge >= 0.3 is 5.97 Å². The second-order valence-corrected chi connectivity index (χ2v) is 5.55. The Kier molecular flexibility index (Phi) is 8.41. The molecule has 106 valence electrons. The van der Waals surface area contributed by atoms with E-state index >= 15 is 0 Å². The van der Waals surface area contributed by atoms with Crippen LogP contribution in [0.1, 0.15) is 13.3 Å². The number of aliphatic hydroxyl groups is 1. The van der Waals surface area contributed by atoms with Crippen LogP contribution in [0.3, 0.4) is 0 Å². The molecule has 1 aliphatic heterocycles. The van der Waals surface area contributed by atoms with E-state index in [0.717, 1.165) is 26.2 Å². The van der Waals surface area contributed by atoms with Crippen molar-refractivity contribution < 1.29 is 14.6 Å². The molecule has 18 heavy (non-hydrogen) atoms. The lowest BCUT2D eigenvalue weighted by Crippen LogP contribution is -2.39. The predicted molar refractivity (Wildman–Crippen MR) is 73.9 cm³/mol. The molecule has 1 saturated heterocycles. The van der Waals surface area contributed by atoms with Gasteiger partial charge < -0.3 is 20.1 Å². The van der Waals surface area contributed by atoms with Gasteiger partial charge in [0.25, 0.3) is 0 Å². The number of rotatable bonds is 8. The standard InChI is InChI=1S/C12H24N2O3S/c1-2-17-12(16)9-11(15)10-13-3-4-14-5-7-18-8-6-14/h11,13,15H,2-10H2,1H3. The van der Waals surface area contributed by atoms with E-state index in [4.69, 9.17) is 4.74 Å². The summed E-state index contributed by atoms with van der Waals surface area (Å²) in [6.07, 6.45) is -0.581. The van der Waals surface area contributed by atoms with Crippen molar-refractivity contribution in [3.8, 4) is 0 Å². The van der Waals surface area contributed by atoms with Crippen LogP contribution in [-0.2, 0) is 9.53 Å². The molecular formula is C12H24N2O3S. The van der Waals surface area contributed by atoms with Gasteiger partial charge in [0.15, 0.2) is 0 Å². The number of esters is 1. The second-order valence-electron chi connectivity index (χ2n) is 4.32. The van der Waals surface area contributed by atoms with Crippen LogP contribution >= 0.6 is 11.8 Å². The predicted octanol–water partition coefficient (Wildman–Crippen LogP) is -0.0611. The molecule has 0 aromatic rings. The minimum atomic E-state index is -0.652. The Morgan fingerprint density at radius 2 is 2.22 bits per heavy atom. The van der Waals surface area contributed by atoms with Crippen molar-refractivity contribution >= 4 is 17.7 Å². The largest absolute Gasteiger partial charge is 0.466 e. The topological polar surface area (TPSA) is 61.8 Å². The normalized spacial score (nSPS) is 18.6. The molecule has 5 nitrogen and oxygen atoms in total. The Morgan fingerprint density at radius 3 is 2.89 bits per heavy atom. The Hall–Kier alpha value is -0.300. The third-order valence-electron chi connectivity index (χ3n) is 2.80. The fraction of sp³-hybridized carbons (Fsp3) is 0.917. The van der Waals surface area contributed by atoms with Gasteiger partial charge in [-0.25, -0.2) is 0 Å². The molecule has 1 unspecified atom stereocenters. The molecule has 1 heterocycles. The molecule has 1 atom stereocenters. The van der Waals surface area contributed by atoms with Gasteiger partial charge in [-0.1, -0.05) is 0 Å². The molecule has 0 saturated carbocycles. The van der Waals surface area contributed by atoms with Crippen molar-refractivity contribution in [2.45, 2.75) is 19.4 Å². The van der Waals surface area contributed by atoms with Gasteiger partial charge in [-0.15, -0.1) is 0 Å². The fourth-order valence-corrected chi connectivity index (χ4v) is 2.79. The van der Waals surface area contributed by atoms with Crippen LogP contribution in [0.5, 0.6) is 0 Å². The number of hydrogen-bond acceptors (Lipinski definition) is 6. The number of carbonyl (C=O) groups excluding carboxylic acids is 1. The number of ether oxygens (including phenoxy) is 1. The number of aliphatic hydroxyl groups excluding tert-OH is 1. The average molecular weight is 276 g/mol. The molecule has 6 heteroatoms. The number of hydrogen-bond donors (Lipinski definition) is 2. The van der Waals surface area contributed by atoms with Gasteiger partial charge in [0.05, 0.1) is 19.1 Å². The van der Waals surface area contributed by atoms with Gasteiger partial charge in [0, 0.05) is 44.2 Å². The maximum absolute atomic E-state index is 11.1. The van der Waals surface area contributed by atoms with Crippen molar-refractivity contribution in [2.75, 3.05) is 50.8 Å². The van der Waals surface area contributed by atoms with Crippen LogP contribution in [0.2, 0.25) is 0 Å². The molecule has 0 aromatic carbocycles. The van der Waals surface area contributed by atoms with E-state index in [1.165, 1.54) is 11.5 Å². The van der Waals surface area contributed by atoms with Gasteiger partial charge in [-0.05, 0) is 6.92 Å². The number of nitrogens with zero attached hydrogens (tertiary/aromatic N) is 1. The molecule has 0 amide bonds. The number of carbonyl (C=O) groups is 1. The molecule has 0 spiro atoms. The molecule has 1 rings (SSSR count). The zero-order chi connectivity index (χ0) is 13.2. The highest BCUT2D eigenvalue weighted by Gasteiger charge is 2.12. The summed E-state index contributed by atoms with van der Waals surface area (Å²) < 4.78 is 4.78. The van der Waals surface area contributed by atoms with Crippen LogP contribution in [0, 0.1) is 0 Å². The van der Waals surface area contributed by atoms with Crippen molar-refractivity contribution in [1.29, 1.82) is 0 Å². The average Bonchev–Trinajstić information content (AvgIpc) is 2.36. The molecular weight excluding hydrogens is 252 g/mol. The summed E-state index contributed by atoms with van der Waals surface area (Å²) in [6, 6.07) is 0. The Bertz CT molecular complexity index is 235. The zero-order valence-electron chi connectivity index (χ0n) is 11.1. The van der Waals surface area contributed by atoms with E-state index in [9.17, 15) is 9.90 Å². The molecule has 0 aliphatic carbocycles. The Morgan fingerprint density at radius 1 is 1.50 bits per heavy atom. The summed E-state index contributed by atoms with van der Waals surface area (Å²) in [5.41, 5.74) is 0. The maximum Gasteiger partial charge on any atom is 0.308 e. The van der Waals surface area contributed by atoms with Crippen LogP contribution < -0.4 is 5.32 Å². The van der Waals surface area contributed by atoms with Gasteiger partial charge in [-0.2, -0.15) is 11.8 Å². The first-order valence-corrected chi connectivity index (χ1v) is 7.72. The minimum absolute atomic E-state index is 0.0706. The lowest BCUT2D eigenvalue weighted by molar-refractivity contribution is -0.145. The molecule has 1 aliphatic rings. The van der Waals surface area contributed by atoms with E-state index < -0.39 is 6.10 Å². The van der Waals surface area contributed by atoms with Crippen LogP contribution in [-0.4, -0.2) is 72.9 Å². The highest BCUT2D eigenvalue weighted by Crippen LogP contribution is 2.07. The highest BCUT2D eigenvalue weighted by molar-refractivity contribution is 7.99. The maximum atomic E-state index is 11.1. The summed E-state index contributed by atoms with van der Waals surface area (Å²) in [5.74, 6) is 2.09. The van der Waals surface area contributed by atoms with Gasteiger partial charge in [0.2, 0.25) is 0 Å². The summed E-state index contributed by atoms with van der Waals surface area (Å²) in [5, 5.41) is 12.8. The van der Waals surface area contributed by atoms with Crippen molar-refractivity contribution in [1.82, 2.24) is 10.2 Å². The smallest absolute Gasteiger partial charge is 0.308 e. The summed E-state index contributed by atoms with van der Waals surface area (Å²) in [6.45, 7) is 6.74. The van der Waals surface area contributed by atoms with Crippen molar-refractivity contribution in [2.24, 2.45) is 0 Å². The van der Waals surface area contributed by atoms with Crippen molar-refractivity contribution in [3.05, 3.63) is 0 Å².